The maximum atomic E-state index is 13.5. The number of allylic oxidation sites excluding steroid dienone is 1. The van der Waals surface area contributed by atoms with Crippen molar-refractivity contribution in [3.8, 4) is 11.5 Å². The molecule has 31 heavy (non-hydrogen) atoms. The Morgan fingerprint density at radius 3 is 2.52 bits per heavy atom. The van der Waals surface area contributed by atoms with E-state index in [2.05, 4.69) is 16.0 Å². The Hall–Kier alpha value is -3.71. The lowest BCUT2D eigenvalue weighted by Gasteiger charge is -2.30. The van der Waals surface area contributed by atoms with Gasteiger partial charge in [0.15, 0.2) is 5.11 Å². The average Bonchev–Trinajstić information content (AvgIpc) is 2.74. The Kier molecular flexibility index (Phi) is 5.95. The number of amides is 1. The van der Waals surface area contributed by atoms with Gasteiger partial charge >= 0.3 is 0 Å². The Balaban J connectivity index is 1.64. The van der Waals surface area contributed by atoms with Crippen molar-refractivity contribution >= 4 is 28.9 Å². The van der Waals surface area contributed by atoms with Gasteiger partial charge < -0.3 is 20.7 Å². The Morgan fingerprint density at radius 1 is 1.00 bits per heavy atom. The summed E-state index contributed by atoms with van der Waals surface area (Å²) in [6.45, 7) is 1.78. The number of carbonyl (C=O) groups excluding carboxylic acids is 1. The minimum atomic E-state index is -0.498. The van der Waals surface area contributed by atoms with Crippen LogP contribution in [0.3, 0.4) is 0 Å². The quantitative estimate of drug-likeness (QED) is 0.492. The number of thiocarbonyl (C=S) groups is 1. The molecule has 3 aromatic rings. The fraction of sp³-hybridized carbons (Fsp3) is 0.0833. The first-order valence-electron chi connectivity index (χ1n) is 9.67. The van der Waals surface area contributed by atoms with Gasteiger partial charge in [0, 0.05) is 11.4 Å². The van der Waals surface area contributed by atoms with Crippen LogP contribution in [0.15, 0.2) is 90.1 Å². The van der Waals surface area contributed by atoms with Crippen LogP contribution in [-0.2, 0) is 4.79 Å². The van der Waals surface area contributed by atoms with Gasteiger partial charge in [-0.2, -0.15) is 0 Å². The van der Waals surface area contributed by atoms with Crippen molar-refractivity contribution in [2.24, 2.45) is 0 Å². The smallest absolute Gasteiger partial charge is 0.255 e. The van der Waals surface area contributed by atoms with Gasteiger partial charge in [0.2, 0.25) is 0 Å². The van der Waals surface area contributed by atoms with Crippen LogP contribution in [0.25, 0.3) is 0 Å². The maximum absolute atomic E-state index is 13.5. The molecule has 1 atom stereocenters. The van der Waals surface area contributed by atoms with Gasteiger partial charge in [0.05, 0.1) is 11.6 Å². The van der Waals surface area contributed by atoms with Crippen LogP contribution in [0, 0.1) is 5.82 Å². The second kappa shape index (κ2) is 8.97. The first-order chi connectivity index (χ1) is 15.0. The lowest BCUT2D eigenvalue weighted by Crippen LogP contribution is -2.45. The number of ether oxygens (including phenoxy) is 1. The molecule has 0 saturated carbocycles. The lowest BCUT2D eigenvalue weighted by molar-refractivity contribution is -0.113. The van der Waals surface area contributed by atoms with Gasteiger partial charge in [-0.3, -0.25) is 4.79 Å². The highest BCUT2D eigenvalue weighted by Gasteiger charge is 2.30. The van der Waals surface area contributed by atoms with Crippen LogP contribution in [0.1, 0.15) is 18.5 Å². The highest BCUT2D eigenvalue weighted by atomic mass is 32.1. The molecule has 0 saturated heterocycles. The van der Waals surface area contributed by atoms with E-state index < -0.39 is 11.9 Å². The van der Waals surface area contributed by atoms with Gasteiger partial charge in [-0.05, 0) is 67.2 Å². The SMILES string of the molecule is CC1=C(C(=O)Nc2cccc(F)c2)[C@H](c2cccc(Oc3ccccc3)c2)NC(=S)N1. The van der Waals surface area contributed by atoms with E-state index in [0.717, 1.165) is 5.56 Å². The van der Waals surface area contributed by atoms with E-state index in [1.165, 1.54) is 12.1 Å². The minimum absolute atomic E-state index is 0.356. The predicted molar refractivity (Wildman–Crippen MR) is 122 cm³/mol. The molecule has 1 aliphatic heterocycles. The van der Waals surface area contributed by atoms with E-state index in [9.17, 15) is 9.18 Å². The molecule has 0 unspecified atom stereocenters. The van der Waals surface area contributed by atoms with Crippen LogP contribution in [-0.4, -0.2) is 11.0 Å². The van der Waals surface area contributed by atoms with E-state index in [-0.39, 0.29) is 5.91 Å². The summed E-state index contributed by atoms with van der Waals surface area (Å²) in [7, 11) is 0. The molecular formula is C24H20FN3O2S. The lowest BCUT2D eigenvalue weighted by atomic mass is 9.94. The third-order valence-electron chi connectivity index (χ3n) is 4.77. The molecule has 5 nitrogen and oxygen atoms in total. The van der Waals surface area contributed by atoms with Crippen molar-refractivity contribution < 1.29 is 13.9 Å². The summed E-state index contributed by atoms with van der Waals surface area (Å²) in [5, 5.41) is 9.33. The maximum Gasteiger partial charge on any atom is 0.255 e. The number of rotatable bonds is 5. The summed E-state index contributed by atoms with van der Waals surface area (Å²) in [5.41, 5.74) is 2.26. The van der Waals surface area contributed by atoms with Crippen LogP contribution >= 0.6 is 12.2 Å². The molecule has 7 heteroatoms. The Labute approximate surface area is 184 Å². The molecule has 3 aromatic carbocycles. The van der Waals surface area contributed by atoms with Crippen molar-refractivity contribution in [2.75, 3.05) is 5.32 Å². The van der Waals surface area contributed by atoms with E-state index in [4.69, 9.17) is 17.0 Å². The topological polar surface area (TPSA) is 62.4 Å². The van der Waals surface area contributed by atoms with E-state index in [1.807, 2.05) is 54.6 Å². The number of carbonyl (C=O) groups is 1. The number of hydrogen-bond acceptors (Lipinski definition) is 3. The summed E-state index contributed by atoms with van der Waals surface area (Å²) in [4.78, 5) is 13.1. The largest absolute Gasteiger partial charge is 0.457 e. The van der Waals surface area contributed by atoms with Crippen molar-refractivity contribution in [3.63, 3.8) is 0 Å². The standard InChI is InChI=1S/C24H20FN3O2S/c1-15-21(23(29)27-18-9-6-8-17(25)14-18)22(28-24(31)26-15)16-7-5-12-20(13-16)30-19-10-3-2-4-11-19/h2-14,22H,1H3,(H,27,29)(H2,26,28,31)/t22-/m0/s1. The van der Waals surface area contributed by atoms with Crippen molar-refractivity contribution in [3.05, 3.63) is 102 Å². The van der Waals surface area contributed by atoms with Crippen molar-refractivity contribution in [2.45, 2.75) is 13.0 Å². The molecule has 4 rings (SSSR count). The molecule has 0 bridgehead atoms. The molecule has 156 valence electrons. The molecule has 1 aliphatic rings. The first-order valence-corrected chi connectivity index (χ1v) is 10.1. The molecular weight excluding hydrogens is 413 g/mol. The zero-order valence-corrected chi connectivity index (χ0v) is 17.5. The number of para-hydroxylation sites is 1. The van der Waals surface area contributed by atoms with Gasteiger partial charge in [0.25, 0.3) is 5.91 Å². The third kappa shape index (κ3) is 4.90. The van der Waals surface area contributed by atoms with E-state index >= 15 is 0 Å². The van der Waals surface area contributed by atoms with Crippen LogP contribution < -0.4 is 20.7 Å². The van der Waals surface area contributed by atoms with Gasteiger partial charge in [-0.1, -0.05) is 36.4 Å². The number of hydrogen-bond donors (Lipinski definition) is 3. The Morgan fingerprint density at radius 2 is 1.74 bits per heavy atom. The van der Waals surface area contributed by atoms with Crippen LogP contribution in [0.4, 0.5) is 10.1 Å². The summed E-state index contributed by atoms with van der Waals surface area (Å²) >= 11 is 5.32. The monoisotopic (exact) mass is 433 g/mol. The molecule has 0 fully saturated rings. The molecule has 3 N–H and O–H groups in total. The first kappa shape index (κ1) is 20.6. The number of nitrogens with one attached hydrogen (secondary N) is 3. The van der Waals surface area contributed by atoms with E-state index in [0.29, 0.717) is 33.6 Å². The van der Waals surface area contributed by atoms with Gasteiger partial charge in [-0.25, -0.2) is 4.39 Å². The summed E-state index contributed by atoms with van der Waals surface area (Å²) in [6, 6.07) is 22.2. The van der Waals surface area contributed by atoms with Crippen LogP contribution in [0.5, 0.6) is 11.5 Å². The fourth-order valence-corrected chi connectivity index (χ4v) is 3.66. The second-order valence-corrected chi connectivity index (χ2v) is 7.43. The summed E-state index contributed by atoms with van der Waals surface area (Å²) < 4.78 is 19.5. The Bertz CT molecular complexity index is 1160. The molecule has 0 radical (unpaired) electrons. The van der Waals surface area contributed by atoms with Gasteiger partial charge in [0.1, 0.15) is 17.3 Å². The normalized spacial score (nSPS) is 15.7. The van der Waals surface area contributed by atoms with E-state index in [1.54, 1.807) is 19.1 Å². The number of benzene rings is 3. The zero-order valence-electron chi connectivity index (χ0n) is 16.7. The fourth-order valence-electron chi connectivity index (χ4n) is 3.39. The van der Waals surface area contributed by atoms with Crippen LogP contribution in [0.2, 0.25) is 0 Å². The second-order valence-electron chi connectivity index (χ2n) is 7.02. The highest BCUT2D eigenvalue weighted by Crippen LogP contribution is 2.31. The summed E-state index contributed by atoms with van der Waals surface area (Å²) in [5.74, 6) is 0.568. The molecule has 1 heterocycles. The zero-order chi connectivity index (χ0) is 21.8. The van der Waals surface area contributed by atoms with Crippen molar-refractivity contribution in [1.82, 2.24) is 10.6 Å². The average molecular weight is 434 g/mol. The molecule has 0 aromatic heterocycles. The third-order valence-corrected chi connectivity index (χ3v) is 4.99. The highest BCUT2D eigenvalue weighted by molar-refractivity contribution is 7.80. The number of anilines is 1. The molecule has 0 aliphatic carbocycles. The van der Waals surface area contributed by atoms with Gasteiger partial charge in [-0.15, -0.1) is 0 Å². The molecule has 1 amide bonds. The summed E-state index contributed by atoms with van der Waals surface area (Å²) in [6.07, 6.45) is 0. The molecule has 0 spiro atoms. The van der Waals surface area contributed by atoms with Crippen molar-refractivity contribution in [1.29, 1.82) is 0 Å². The number of halogens is 1. The predicted octanol–water partition coefficient (Wildman–Crippen LogP) is 5.05. The minimum Gasteiger partial charge on any atom is -0.457 e.